The molecule has 0 N–H and O–H groups in total. The van der Waals surface area contributed by atoms with E-state index in [0.29, 0.717) is 5.92 Å². The normalized spacial score (nSPS) is 15.8. The standard InChI is InChI=1S/C14H15FN2/c15-13-6-4-11(5-7-13)9-17-10-16-8-14(17)12-2-1-3-12/h4-8,10,12H,1-3,9H2. The minimum Gasteiger partial charge on any atom is -0.330 e. The monoisotopic (exact) mass is 230 g/mol. The Morgan fingerprint density at radius 2 is 2.00 bits per heavy atom. The summed E-state index contributed by atoms with van der Waals surface area (Å²) in [5.74, 6) is 0.497. The molecule has 1 aliphatic carbocycles. The Hall–Kier alpha value is -1.64. The van der Waals surface area contributed by atoms with Crippen LogP contribution < -0.4 is 0 Å². The molecule has 0 unspecified atom stereocenters. The molecule has 88 valence electrons. The minimum absolute atomic E-state index is 0.182. The van der Waals surface area contributed by atoms with Crippen molar-refractivity contribution in [1.29, 1.82) is 0 Å². The van der Waals surface area contributed by atoms with E-state index in [1.165, 1.54) is 37.1 Å². The van der Waals surface area contributed by atoms with Gasteiger partial charge < -0.3 is 4.57 Å². The fourth-order valence-corrected chi connectivity index (χ4v) is 2.29. The summed E-state index contributed by atoms with van der Waals surface area (Å²) in [5, 5.41) is 0. The third-order valence-electron chi connectivity index (χ3n) is 3.53. The van der Waals surface area contributed by atoms with E-state index in [1.807, 2.05) is 24.7 Å². The van der Waals surface area contributed by atoms with Gasteiger partial charge in [0.2, 0.25) is 0 Å². The van der Waals surface area contributed by atoms with Crippen molar-refractivity contribution in [2.45, 2.75) is 31.7 Å². The highest BCUT2D eigenvalue weighted by atomic mass is 19.1. The lowest BCUT2D eigenvalue weighted by atomic mass is 9.83. The molecule has 2 aromatic rings. The summed E-state index contributed by atoms with van der Waals surface area (Å²) in [5.41, 5.74) is 2.44. The van der Waals surface area contributed by atoms with Crippen LogP contribution in [0.4, 0.5) is 4.39 Å². The summed E-state index contributed by atoms with van der Waals surface area (Å²) in [4.78, 5) is 4.23. The minimum atomic E-state index is -0.182. The van der Waals surface area contributed by atoms with Crippen LogP contribution in [0.5, 0.6) is 0 Å². The van der Waals surface area contributed by atoms with Crippen molar-refractivity contribution in [2.24, 2.45) is 0 Å². The van der Waals surface area contributed by atoms with Gasteiger partial charge in [-0.1, -0.05) is 18.6 Å². The highest BCUT2D eigenvalue weighted by Crippen LogP contribution is 2.36. The highest BCUT2D eigenvalue weighted by Gasteiger charge is 2.22. The van der Waals surface area contributed by atoms with Crippen LogP contribution in [0.2, 0.25) is 0 Å². The number of nitrogens with zero attached hydrogens (tertiary/aromatic N) is 2. The average Bonchev–Trinajstić information content (AvgIpc) is 2.68. The molecule has 0 radical (unpaired) electrons. The van der Waals surface area contributed by atoms with Crippen LogP contribution in [0.3, 0.4) is 0 Å². The second-order valence-electron chi connectivity index (χ2n) is 4.70. The number of hydrogen-bond donors (Lipinski definition) is 0. The fourth-order valence-electron chi connectivity index (χ4n) is 2.29. The van der Waals surface area contributed by atoms with Gasteiger partial charge in [0.05, 0.1) is 6.33 Å². The molecular weight excluding hydrogens is 215 g/mol. The third-order valence-corrected chi connectivity index (χ3v) is 3.53. The Bertz CT molecular complexity index is 497. The molecule has 0 atom stereocenters. The van der Waals surface area contributed by atoms with Gasteiger partial charge in [0.25, 0.3) is 0 Å². The predicted molar refractivity (Wildman–Crippen MR) is 64.3 cm³/mol. The Labute approximate surface area is 100 Å². The first kappa shape index (κ1) is 10.5. The number of halogens is 1. The number of imidazole rings is 1. The molecule has 2 nitrogen and oxygen atoms in total. The van der Waals surface area contributed by atoms with Gasteiger partial charge in [-0.3, -0.25) is 0 Å². The van der Waals surface area contributed by atoms with Crippen molar-refractivity contribution < 1.29 is 4.39 Å². The predicted octanol–water partition coefficient (Wildman–Crippen LogP) is 3.34. The SMILES string of the molecule is Fc1ccc(Cn2cncc2C2CCC2)cc1. The topological polar surface area (TPSA) is 17.8 Å². The molecule has 0 aliphatic heterocycles. The second kappa shape index (κ2) is 4.32. The van der Waals surface area contributed by atoms with Crippen LogP contribution in [0.1, 0.15) is 36.4 Å². The second-order valence-corrected chi connectivity index (χ2v) is 4.70. The van der Waals surface area contributed by atoms with Crippen LogP contribution in [0.25, 0.3) is 0 Å². The number of hydrogen-bond acceptors (Lipinski definition) is 1. The van der Waals surface area contributed by atoms with Gasteiger partial charge in [0.15, 0.2) is 0 Å². The molecule has 0 spiro atoms. The first-order valence-corrected chi connectivity index (χ1v) is 6.07. The van der Waals surface area contributed by atoms with E-state index in [4.69, 9.17) is 0 Å². The maximum Gasteiger partial charge on any atom is 0.123 e. The Balaban J connectivity index is 1.80. The molecule has 3 rings (SSSR count). The summed E-state index contributed by atoms with van der Waals surface area (Å²) < 4.78 is 15.0. The molecule has 1 aliphatic rings. The van der Waals surface area contributed by atoms with E-state index in [1.54, 1.807) is 0 Å². The van der Waals surface area contributed by atoms with E-state index < -0.39 is 0 Å². The number of aromatic nitrogens is 2. The van der Waals surface area contributed by atoms with Crippen molar-refractivity contribution >= 4 is 0 Å². The van der Waals surface area contributed by atoms with Crippen LogP contribution in [-0.2, 0) is 6.54 Å². The maximum atomic E-state index is 12.8. The summed E-state index contributed by atoms with van der Waals surface area (Å²) in [6.07, 6.45) is 7.71. The third kappa shape index (κ3) is 2.09. The molecule has 1 heterocycles. The van der Waals surface area contributed by atoms with Gasteiger partial charge in [-0.25, -0.2) is 9.37 Å². The largest absolute Gasteiger partial charge is 0.330 e. The van der Waals surface area contributed by atoms with E-state index in [9.17, 15) is 4.39 Å². The summed E-state index contributed by atoms with van der Waals surface area (Å²) in [6.45, 7) is 0.784. The van der Waals surface area contributed by atoms with Crippen LogP contribution >= 0.6 is 0 Å². The zero-order valence-electron chi connectivity index (χ0n) is 9.64. The first-order chi connectivity index (χ1) is 8.33. The fraction of sp³-hybridized carbons (Fsp3) is 0.357. The van der Waals surface area contributed by atoms with Gasteiger partial charge in [-0.05, 0) is 30.5 Å². The van der Waals surface area contributed by atoms with Crippen molar-refractivity contribution in [2.75, 3.05) is 0 Å². The highest BCUT2D eigenvalue weighted by molar-refractivity contribution is 5.18. The first-order valence-electron chi connectivity index (χ1n) is 6.07. The average molecular weight is 230 g/mol. The smallest absolute Gasteiger partial charge is 0.123 e. The summed E-state index contributed by atoms with van der Waals surface area (Å²) in [7, 11) is 0. The Morgan fingerprint density at radius 3 is 2.65 bits per heavy atom. The van der Waals surface area contributed by atoms with Gasteiger partial charge >= 0.3 is 0 Å². The maximum absolute atomic E-state index is 12.8. The summed E-state index contributed by atoms with van der Waals surface area (Å²) in [6, 6.07) is 6.68. The van der Waals surface area contributed by atoms with Gasteiger partial charge in [0, 0.05) is 24.4 Å². The molecule has 1 aromatic heterocycles. The lowest BCUT2D eigenvalue weighted by Gasteiger charge is -2.26. The van der Waals surface area contributed by atoms with Crippen LogP contribution in [-0.4, -0.2) is 9.55 Å². The van der Waals surface area contributed by atoms with Crippen molar-refractivity contribution in [3.63, 3.8) is 0 Å². The number of benzene rings is 1. The molecule has 0 bridgehead atoms. The van der Waals surface area contributed by atoms with E-state index in [-0.39, 0.29) is 5.82 Å². The van der Waals surface area contributed by atoms with Crippen molar-refractivity contribution in [3.8, 4) is 0 Å². The van der Waals surface area contributed by atoms with Gasteiger partial charge in [-0.2, -0.15) is 0 Å². The van der Waals surface area contributed by atoms with Gasteiger partial charge in [0.1, 0.15) is 5.82 Å². The molecule has 17 heavy (non-hydrogen) atoms. The van der Waals surface area contributed by atoms with Crippen molar-refractivity contribution in [1.82, 2.24) is 9.55 Å². The molecule has 1 saturated carbocycles. The van der Waals surface area contributed by atoms with E-state index in [0.717, 1.165) is 12.1 Å². The molecular formula is C14H15FN2. The molecule has 0 saturated heterocycles. The molecule has 3 heteroatoms. The number of rotatable bonds is 3. The molecule has 0 amide bonds. The van der Waals surface area contributed by atoms with Gasteiger partial charge in [-0.15, -0.1) is 0 Å². The zero-order chi connectivity index (χ0) is 11.7. The zero-order valence-corrected chi connectivity index (χ0v) is 9.64. The van der Waals surface area contributed by atoms with Crippen molar-refractivity contribution in [3.05, 3.63) is 53.9 Å². The lowest BCUT2D eigenvalue weighted by Crippen LogP contribution is -2.14. The summed E-state index contributed by atoms with van der Waals surface area (Å²) >= 11 is 0. The Kier molecular flexibility index (Phi) is 2.67. The molecule has 1 fully saturated rings. The van der Waals surface area contributed by atoms with E-state index in [2.05, 4.69) is 9.55 Å². The van der Waals surface area contributed by atoms with Crippen LogP contribution in [0, 0.1) is 5.82 Å². The van der Waals surface area contributed by atoms with E-state index >= 15 is 0 Å². The molecule has 1 aromatic carbocycles. The van der Waals surface area contributed by atoms with Crippen LogP contribution in [0.15, 0.2) is 36.8 Å². The lowest BCUT2D eigenvalue weighted by molar-refractivity contribution is 0.399. The Morgan fingerprint density at radius 1 is 1.24 bits per heavy atom. The quantitative estimate of drug-likeness (QED) is 0.790.